The van der Waals surface area contributed by atoms with E-state index in [0.29, 0.717) is 50.5 Å². The van der Waals surface area contributed by atoms with Gasteiger partial charge in [-0.05, 0) is 25.1 Å². The molecule has 11 heteroatoms. The summed E-state index contributed by atoms with van der Waals surface area (Å²) in [6.45, 7) is 6.47. The Morgan fingerprint density at radius 3 is 2.56 bits per heavy atom. The van der Waals surface area contributed by atoms with Crippen LogP contribution >= 0.6 is 0 Å². The molecule has 0 bridgehead atoms. The van der Waals surface area contributed by atoms with E-state index in [-0.39, 0.29) is 17.9 Å². The van der Waals surface area contributed by atoms with Gasteiger partial charge in [0.15, 0.2) is 5.70 Å². The van der Waals surface area contributed by atoms with Crippen LogP contribution in [0.1, 0.15) is 30.0 Å². The molecule has 2 N–H and O–H groups in total. The van der Waals surface area contributed by atoms with Gasteiger partial charge in [-0.3, -0.25) is 9.98 Å². The van der Waals surface area contributed by atoms with Crippen molar-refractivity contribution in [2.24, 2.45) is 15.7 Å². The fraction of sp³-hybridized carbons (Fsp3) is 0.440. The van der Waals surface area contributed by atoms with Crippen molar-refractivity contribution in [3.8, 4) is 0 Å². The van der Waals surface area contributed by atoms with Crippen LogP contribution in [0.3, 0.4) is 0 Å². The first kappa shape index (κ1) is 25.8. The minimum absolute atomic E-state index is 0.0697. The number of morpholine rings is 1. The van der Waals surface area contributed by atoms with Gasteiger partial charge in [-0.15, -0.1) is 0 Å². The summed E-state index contributed by atoms with van der Waals surface area (Å²) in [6, 6.07) is 11.8. The molecule has 1 unspecified atom stereocenters. The van der Waals surface area contributed by atoms with Gasteiger partial charge in [-0.25, -0.2) is 4.98 Å². The van der Waals surface area contributed by atoms with Crippen LogP contribution in [0.5, 0.6) is 0 Å². The summed E-state index contributed by atoms with van der Waals surface area (Å²) < 4.78 is 47.0. The van der Waals surface area contributed by atoms with E-state index in [2.05, 4.69) is 38.7 Å². The number of hydrogen-bond donors (Lipinski definition) is 1. The molecule has 4 rings (SSSR count). The van der Waals surface area contributed by atoms with Crippen molar-refractivity contribution in [3.05, 3.63) is 53.4 Å². The number of aromatic nitrogens is 2. The zero-order valence-corrected chi connectivity index (χ0v) is 20.0. The highest BCUT2D eigenvalue weighted by atomic mass is 19.4. The Hall–Kier alpha value is -3.31. The van der Waals surface area contributed by atoms with Gasteiger partial charge < -0.3 is 20.3 Å². The number of anilines is 2. The molecular formula is C25H30F3N7O. The minimum Gasteiger partial charge on any atom is -0.378 e. The Kier molecular flexibility index (Phi) is 8.32. The van der Waals surface area contributed by atoms with E-state index >= 15 is 0 Å². The summed E-state index contributed by atoms with van der Waals surface area (Å²) in [6.07, 6.45) is -1.71. The molecule has 36 heavy (non-hydrogen) atoms. The molecule has 2 aliphatic rings. The second-order valence-electron chi connectivity index (χ2n) is 8.62. The maximum Gasteiger partial charge on any atom is 0.434 e. The van der Waals surface area contributed by atoms with Crippen LogP contribution in [0.2, 0.25) is 0 Å². The van der Waals surface area contributed by atoms with Crippen LogP contribution in [-0.4, -0.2) is 75.1 Å². The number of ether oxygens (including phenoxy) is 1. The summed E-state index contributed by atoms with van der Waals surface area (Å²) in [5, 5.41) is 0. The van der Waals surface area contributed by atoms with E-state index in [9.17, 15) is 13.2 Å². The molecule has 0 spiro atoms. The lowest BCUT2D eigenvalue weighted by molar-refractivity contribution is -0.0914. The molecular weight excluding hydrogens is 471 g/mol. The number of allylic oxidation sites excluding steroid dienone is 2. The fourth-order valence-corrected chi connectivity index (χ4v) is 4.53. The third-order valence-corrected chi connectivity index (χ3v) is 6.29. The number of halogens is 3. The minimum atomic E-state index is -4.74. The Labute approximate surface area is 208 Å². The van der Waals surface area contributed by atoms with Crippen molar-refractivity contribution in [3.63, 3.8) is 0 Å². The lowest BCUT2D eigenvalue weighted by Crippen LogP contribution is -2.39. The van der Waals surface area contributed by atoms with Crippen molar-refractivity contribution in [1.29, 1.82) is 0 Å². The van der Waals surface area contributed by atoms with E-state index < -0.39 is 11.9 Å². The third kappa shape index (κ3) is 6.08. The second-order valence-corrected chi connectivity index (χ2v) is 8.62. The molecule has 8 nitrogen and oxygen atoms in total. The van der Waals surface area contributed by atoms with E-state index in [4.69, 9.17) is 15.5 Å². The van der Waals surface area contributed by atoms with Crippen molar-refractivity contribution in [1.82, 2.24) is 9.97 Å². The molecule has 2 saturated heterocycles. The maximum atomic E-state index is 13.9. The molecule has 192 valence electrons. The molecule has 0 aliphatic carbocycles. The number of nitrogens with zero attached hydrogens (tertiary/aromatic N) is 6. The molecule has 1 atom stereocenters. The van der Waals surface area contributed by atoms with Crippen LogP contribution in [-0.2, 0) is 4.74 Å². The lowest BCUT2D eigenvalue weighted by Gasteiger charge is -2.35. The zero-order valence-electron chi connectivity index (χ0n) is 20.0. The van der Waals surface area contributed by atoms with Gasteiger partial charge in [-0.2, -0.15) is 18.2 Å². The van der Waals surface area contributed by atoms with Gasteiger partial charge in [0.25, 0.3) is 0 Å². The monoisotopic (exact) mass is 501 g/mol. The summed E-state index contributed by atoms with van der Waals surface area (Å²) in [7, 11) is 0. The molecule has 0 amide bonds. The topological polar surface area (TPSA) is 92.2 Å². The van der Waals surface area contributed by atoms with Crippen molar-refractivity contribution in [2.45, 2.75) is 24.9 Å². The van der Waals surface area contributed by atoms with Gasteiger partial charge in [0.05, 0.1) is 25.6 Å². The Morgan fingerprint density at radius 2 is 1.89 bits per heavy atom. The van der Waals surface area contributed by atoms with Crippen LogP contribution in [0.15, 0.2) is 52.1 Å². The Balaban J connectivity index is 1.80. The first-order valence-corrected chi connectivity index (χ1v) is 11.9. The van der Waals surface area contributed by atoms with E-state index in [1.165, 1.54) is 5.56 Å². The number of benzene rings is 1. The van der Waals surface area contributed by atoms with E-state index in [1.807, 2.05) is 23.1 Å². The maximum absolute atomic E-state index is 13.9. The predicted octanol–water partition coefficient (Wildman–Crippen LogP) is 3.66. The SMILES string of the molecule is C=N/C(=C(\C=N/CN)c1cc(N2CCCC(c3ccccc3)C2)nc(N2CCOCC2)n1)C(F)(F)F. The number of alkyl halides is 3. The number of nitrogens with two attached hydrogens (primary N) is 1. The van der Waals surface area contributed by atoms with Crippen LogP contribution < -0.4 is 15.5 Å². The fourth-order valence-electron chi connectivity index (χ4n) is 4.53. The smallest absolute Gasteiger partial charge is 0.378 e. The summed E-state index contributed by atoms with van der Waals surface area (Å²) >= 11 is 0. The number of piperidine rings is 1. The Morgan fingerprint density at radius 1 is 1.14 bits per heavy atom. The van der Waals surface area contributed by atoms with E-state index in [0.717, 1.165) is 25.6 Å². The normalized spacial score (nSPS) is 19.9. The van der Waals surface area contributed by atoms with Crippen LogP contribution in [0.4, 0.5) is 24.9 Å². The van der Waals surface area contributed by atoms with Gasteiger partial charge >= 0.3 is 6.18 Å². The highest BCUT2D eigenvalue weighted by molar-refractivity contribution is 6.11. The third-order valence-electron chi connectivity index (χ3n) is 6.29. The molecule has 2 aliphatic heterocycles. The van der Waals surface area contributed by atoms with Gasteiger partial charge in [-0.1, -0.05) is 30.3 Å². The number of hydrogen-bond acceptors (Lipinski definition) is 8. The first-order valence-electron chi connectivity index (χ1n) is 11.9. The molecule has 1 aromatic heterocycles. The lowest BCUT2D eigenvalue weighted by atomic mass is 9.90. The molecule has 2 fully saturated rings. The van der Waals surface area contributed by atoms with Gasteiger partial charge in [0.2, 0.25) is 5.95 Å². The average Bonchev–Trinajstić information content (AvgIpc) is 2.91. The highest BCUT2D eigenvalue weighted by Crippen LogP contribution is 2.35. The van der Waals surface area contributed by atoms with Crippen LogP contribution in [0.25, 0.3) is 5.57 Å². The summed E-state index contributed by atoms with van der Waals surface area (Å²) in [5.41, 5.74) is 5.30. The van der Waals surface area contributed by atoms with Gasteiger partial charge in [0.1, 0.15) is 5.82 Å². The van der Waals surface area contributed by atoms with Crippen molar-refractivity contribution < 1.29 is 17.9 Å². The number of aliphatic imine (C=N–C) groups is 2. The molecule has 3 heterocycles. The quantitative estimate of drug-likeness (QED) is 0.583. The Bertz CT molecular complexity index is 1100. The largest absolute Gasteiger partial charge is 0.434 e. The average molecular weight is 502 g/mol. The van der Waals surface area contributed by atoms with E-state index in [1.54, 1.807) is 6.07 Å². The number of rotatable bonds is 7. The molecule has 2 aromatic rings. The zero-order chi connectivity index (χ0) is 25.5. The molecule has 0 radical (unpaired) electrons. The van der Waals surface area contributed by atoms with Crippen molar-refractivity contribution in [2.75, 3.05) is 55.9 Å². The molecule has 1 aromatic carbocycles. The predicted molar refractivity (Wildman–Crippen MR) is 136 cm³/mol. The summed E-state index contributed by atoms with van der Waals surface area (Å²) in [4.78, 5) is 20.5. The second kappa shape index (κ2) is 11.6. The summed E-state index contributed by atoms with van der Waals surface area (Å²) in [5.74, 6) is 1.20. The van der Waals surface area contributed by atoms with Crippen molar-refractivity contribution >= 4 is 30.3 Å². The first-order chi connectivity index (χ1) is 17.4. The highest BCUT2D eigenvalue weighted by Gasteiger charge is 2.37. The molecule has 0 saturated carbocycles. The standard InChI is InChI=1S/C25H30F3N7O/c1-30-23(25(26,27)28)20(15-31-17-29)21-14-22(33-24(32-21)34-10-12-36-13-11-34)35-9-5-8-19(16-35)18-6-3-2-4-7-18/h2-4,6-7,14-15,19H,1,5,8-13,16-17,29H2/b23-20+,31-15-. The van der Waals surface area contributed by atoms with Gasteiger partial charge in [0, 0.05) is 50.0 Å². The van der Waals surface area contributed by atoms with Crippen LogP contribution in [0, 0.1) is 0 Å².